The van der Waals surface area contributed by atoms with Gasteiger partial charge in [0.25, 0.3) is 0 Å². The molecule has 0 amide bonds. The van der Waals surface area contributed by atoms with Gasteiger partial charge in [0.15, 0.2) is 5.11 Å². The van der Waals surface area contributed by atoms with Gasteiger partial charge in [0, 0.05) is 11.6 Å². The number of ether oxygens (including phenoxy) is 2. The molecule has 0 bridgehead atoms. The van der Waals surface area contributed by atoms with E-state index in [0.717, 1.165) is 5.56 Å². The maximum Gasteiger partial charge on any atom is 0.235 e. The second-order valence-electron chi connectivity index (χ2n) is 6.63. The highest BCUT2D eigenvalue weighted by molar-refractivity contribution is 7.80. The van der Waals surface area contributed by atoms with Crippen LogP contribution in [0.4, 0.5) is 5.95 Å². The average Bonchev–Trinajstić information content (AvgIpc) is 2.80. The van der Waals surface area contributed by atoms with Crippen molar-refractivity contribution in [2.24, 2.45) is 0 Å². The number of hydrogen-bond acceptors (Lipinski definition) is 5. The molecule has 0 aliphatic rings. The van der Waals surface area contributed by atoms with E-state index in [1.165, 1.54) is 0 Å². The van der Waals surface area contributed by atoms with Crippen LogP contribution >= 0.6 is 23.8 Å². The van der Waals surface area contributed by atoms with Gasteiger partial charge in [-0.2, -0.15) is 9.97 Å². The Balaban J connectivity index is 1.49. The Morgan fingerprint density at radius 1 is 0.781 bits per heavy atom. The van der Waals surface area contributed by atoms with E-state index in [2.05, 4.69) is 20.6 Å². The van der Waals surface area contributed by atoms with E-state index in [0.29, 0.717) is 39.9 Å². The molecule has 0 fully saturated rings. The zero-order valence-corrected chi connectivity index (χ0v) is 18.4. The van der Waals surface area contributed by atoms with E-state index < -0.39 is 0 Å². The molecule has 1 heterocycles. The van der Waals surface area contributed by atoms with Gasteiger partial charge in [0.1, 0.15) is 11.5 Å². The molecule has 0 aliphatic carbocycles. The molecule has 0 atom stereocenters. The van der Waals surface area contributed by atoms with E-state index in [1.807, 2.05) is 84.9 Å². The van der Waals surface area contributed by atoms with E-state index in [1.54, 1.807) is 6.07 Å². The quantitative estimate of drug-likeness (QED) is 0.317. The summed E-state index contributed by atoms with van der Waals surface area (Å²) < 4.78 is 11.7. The fourth-order valence-electron chi connectivity index (χ4n) is 2.71. The first-order chi connectivity index (χ1) is 15.6. The Bertz CT molecular complexity index is 1120. The summed E-state index contributed by atoms with van der Waals surface area (Å²) >= 11 is 11.3. The molecule has 4 rings (SSSR count). The van der Waals surface area contributed by atoms with Crippen LogP contribution < -0.4 is 20.1 Å². The minimum absolute atomic E-state index is 0.248. The van der Waals surface area contributed by atoms with Crippen molar-refractivity contribution in [1.82, 2.24) is 15.3 Å². The lowest BCUT2D eigenvalue weighted by atomic mass is 10.2. The molecule has 2 N–H and O–H groups in total. The van der Waals surface area contributed by atoms with Gasteiger partial charge in [-0.3, -0.25) is 0 Å². The lowest BCUT2D eigenvalue weighted by Crippen LogP contribution is -2.28. The minimum atomic E-state index is 0.248. The summed E-state index contributed by atoms with van der Waals surface area (Å²) in [5.41, 5.74) is 1.04. The molecule has 0 saturated carbocycles. The van der Waals surface area contributed by atoms with Crippen molar-refractivity contribution in [3.8, 4) is 23.3 Å². The third-order valence-corrected chi connectivity index (χ3v) is 4.70. The molecule has 0 spiro atoms. The van der Waals surface area contributed by atoms with Crippen molar-refractivity contribution >= 4 is 34.9 Å². The normalized spacial score (nSPS) is 10.3. The molecule has 0 radical (unpaired) electrons. The summed E-state index contributed by atoms with van der Waals surface area (Å²) in [6, 6.07) is 27.8. The molecule has 4 aromatic rings. The Hall–Kier alpha value is -3.68. The van der Waals surface area contributed by atoms with Crippen LogP contribution in [0.2, 0.25) is 5.02 Å². The maximum absolute atomic E-state index is 5.93. The lowest BCUT2D eigenvalue weighted by molar-refractivity contribution is 0.435. The predicted octanol–water partition coefficient (Wildman–Crippen LogP) is 6.20. The Morgan fingerprint density at radius 3 is 1.84 bits per heavy atom. The third kappa shape index (κ3) is 6.41. The van der Waals surface area contributed by atoms with Crippen LogP contribution in [0.1, 0.15) is 5.56 Å². The number of nitrogens with one attached hydrogen (secondary N) is 2. The minimum Gasteiger partial charge on any atom is -0.439 e. The van der Waals surface area contributed by atoms with Crippen LogP contribution in [0.25, 0.3) is 0 Å². The second-order valence-corrected chi connectivity index (χ2v) is 7.48. The number of anilines is 1. The number of aromatic nitrogens is 2. The molecule has 0 aliphatic heterocycles. The van der Waals surface area contributed by atoms with E-state index in [9.17, 15) is 0 Å². The highest BCUT2D eigenvalue weighted by Gasteiger charge is 2.10. The number of rotatable bonds is 7. The summed E-state index contributed by atoms with van der Waals surface area (Å²) in [7, 11) is 0. The molecule has 3 aromatic carbocycles. The Morgan fingerprint density at radius 2 is 1.31 bits per heavy atom. The molecule has 0 unspecified atom stereocenters. The van der Waals surface area contributed by atoms with Crippen molar-refractivity contribution in [2.45, 2.75) is 6.54 Å². The van der Waals surface area contributed by atoms with Gasteiger partial charge in [-0.1, -0.05) is 60.1 Å². The van der Waals surface area contributed by atoms with Gasteiger partial charge >= 0.3 is 0 Å². The topological polar surface area (TPSA) is 68.3 Å². The first kappa shape index (κ1) is 21.5. The van der Waals surface area contributed by atoms with Crippen LogP contribution in [0.15, 0.2) is 91.0 Å². The highest BCUT2D eigenvalue weighted by Crippen LogP contribution is 2.27. The monoisotopic (exact) mass is 462 g/mol. The summed E-state index contributed by atoms with van der Waals surface area (Å²) in [6.07, 6.45) is 0. The van der Waals surface area contributed by atoms with Gasteiger partial charge in [0.2, 0.25) is 17.7 Å². The van der Waals surface area contributed by atoms with Crippen molar-refractivity contribution in [2.75, 3.05) is 5.32 Å². The van der Waals surface area contributed by atoms with E-state index in [4.69, 9.17) is 33.3 Å². The number of benzene rings is 3. The molecule has 160 valence electrons. The molecular weight excluding hydrogens is 444 g/mol. The van der Waals surface area contributed by atoms with E-state index >= 15 is 0 Å². The summed E-state index contributed by atoms with van der Waals surface area (Å²) in [5.74, 6) is 2.18. The smallest absolute Gasteiger partial charge is 0.235 e. The summed E-state index contributed by atoms with van der Waals surface area (Å²) in [4.78, 5) is 8.81. The molecule has 6 nitrogen and oxygen atoms in total. The van der Waals surface area contributed by atoms with Gasteiger partial charge in [0.05, 0.1) is 6.07 Å². The maximum atomic E-state index is 5.93. The van der Waals surface area contributed by atoms with Crippen molar-refractivity contribution in [3.05, 3.63) is 102 Å². The van der Waals surface area contributed by atoms with Crippen LogP contribution in [-0.4, -0.2) is 15.1 Å². The fraction of sp³-hybridized carbons (Fsp3) is 0.0417. The van der Waals surface area contributed by atoms with Gasteiger partial charge in [-0.05, 0) is 54.2 Å². The molecule has 0 saturated heterocycles. The Kier molecular flexibility index (Phi) is 7.12. The first-order valence-corrected chi connectivity index (χ1v) is 10.6. The second kappa shape index (κ2) is 10.6. The molecular formula is C24H19ClN4O2S. The zero-order valence-electron chi connectivity index (χ0n) is 16.9. The fourth-order valence-corrected chi connectivity index (χ4v) is 3.00. The third-order valence-electron chi connectivity index (χ3n) is 4.20. The number of para-hydroxylation sites is 2. The van der Waals surface area contributed by atoms with Gasteiger partial charge in [-0.25, -0.2) is 0 Å². The average molecular weight is 463 g/mol. The number of hydrogen-bond donors (Lipinski definition) is 2. The molecule has 8 heteroatoms. The molecule has 1 aromatic heterocycles. The summed E-state index contributed by atoms with van der Waals surface area (Å²) in [5, 5.41) is 7.16. The van der Waals surface area contributed by atoms with Crippen LogP contribution in [0, 0.1) is 0 Å². The van der Waals surface area contributed by atoms with Crippen molar-refractivity contribution in [3.63, 3.8) is 0 Å². The van der Waals surface area contributed by atoms with Crippen molar-refractivity contribution in [1.29, 1.82) is 0 Å². The van der Waals surface area contributed by atoms with Crippen LogP contribution in [0.5, 0.6) is 23.3 Å². The largest absolute Gasteiger partial charge is 0.439 e. The van der Waals surface area contributed by atoms with E-state index in [-0.39, 0.29) is 5.95 Å². The number of nitrogens with zero attached hydrogens (tertiary/aromatic N) is 2. The number of halogens is 1. The SMILES string of the molecule is S=C(NCc1ccc(Cl)cc1)Nc1nc(Oc2ccccc2)cc(Oc2ccccc2)n1. The highest BCUT2D eigenvalue weighted by atomic mass is 35.5. The zero-order chi connectivity index (χ0) is 22.2. The predicted molar refractivity (Wildman–Crippen MR) is 130 cm³/mol. The molecule has 32 heavy (non-hydrogen) atoms. The van der Waals surface area contributed by atoms with Gasteiger partial charge in [-0.15, -0.1) is 0 Å². The summed E-state index contributed by atoms with van der Waals surface area (Å²) in [6.45, 7) is 0.524. The van der Waals surface area contributed by atoms with Crippen molar-refractivity contribution < 1.29 is 9.47 Å². The number of thiocarbonyl (C=S) groups is 1. The Labute approximate surface area is 196 Å². The van der Waals surface area contributed by atoms with Crippen LogP contribution in [-0.2, 0) is 6.54 Å². The van der Waals surface area contributed by atoms with Crippen LogP contribution in [0.3, 0.4) is 0 Å². The standard InChI is InChI=1S/C24H19ClN4O2S/c25-18-13-11-17(12-14-18)16-26-24(32)29-23-27-21(30-19-7-3-1-4-8-19)15-22(28-23)31-20-9-5-2-6-10-20/h1-15H,16H2,(H2,26,27,28,29,32). The first-order valence-electron chi connectivity index (χ1n) is 9.78. The lowest BCUT2D eigenvalue weighted by Gasteiger charge is -2.13. The van der Waals surface area contributed by atoms with Gasteiger partial charge < -0.3 is 20.1 Å².